The van der Waals surface area contributed by atoms with Gasteiger partial charge in [-0.1, -0.05) is 11.8 Å². The highest BCUT2D eigenvalue weighted by molar-refractivity contribution is 5.61. The number of ether oxygens (including phenoxy) is 6. The zero-order valence-electron chi connectivity index (χ0n) is 14.6. The van der Waals surface area contributed by atoms with Gasteiger partial charge < -0.3 is 28.4 Å². The number of methoxy groups -OCH3 is 1. The molecule has 2 heterocycles. The van der Waals surface area contributed by atoms with Crippen LogP contribution in [0.1, 0.15) is 39.5 Å². The molecule has 2 aliphatic rings. The highest BCUT2D eigenvalue weighted by atomic mass is 16.7. The predicted octanol–water partition coefficient (Wildman–Crippen LogP) is 2.23. The van der Waals surface area contributed by atoms with Gasteiger partial charge in [0.2, 0.25) is 0 Å². The van der Waals surface area contributed by atoms with Gasteiger partial charge in [-0.2, -0.15) is 0 Å². The Morgan fingerprint density at radius 3 is 2.67 bits per heavy atom. The van der Waals surface area contributed by atoms with Gasteiger partial charge in [0, 0.05) is 6.61 Å². The number of hydrogen-bond acceptors (Lipinski definition) is 7. The molecule has 0 aliphatic carbocycles. The van der Waals surface area contributed by atoms with Gasteiger partial charge in [0.25, 0.3) is 0 Å². The van der Waals surface area contributed by atoms with E-state index in [9.17, 15) is 4.79 Å². The molecule has 0 aromatic rings. The van der Waals surface area contributed by atoms with Gasteiger partial charge in [0.15, 0.2) is 17.7 Å². The summed E-state index contributed by atoms with van der Waals surface area (Å²) in [4.78, 5) is 11.5. The first-order valence-electron chi connectivity index (χ1n) is 8.23. The molecule has 2 atom stereocenters. The largest absolute Gasteiger partial charge is 0.509 e. The van der Waals surface area contributed by atoms with E-state index in [0.29, 0.717) is 19.8 Å². The van der Waals surface area contributed by atoms with Crippen molar-refractivity contribution in [1.29, 1.82) is 0 Å². The number of carbonyl (C=O) groups is 1. The fourth-order valence-corrected chi connectivity index (χ4v) is 2.80. The van der Waals surface area contributed by atoms with Gasteiger partial charge in [-0.15, -0.1) is 0 Å². The number of carbonyl (C=O) groups excluding carboxylic acids is 1. The summed E-state index contributed by atoms with van der Waals surface area (Å²) >= 11 is 0. The Hall–Kier alpha value is -1.33. The monoisotopic (exact) mass is 342 g/mol. The van der Waals surface area contributed by atoms with E-state index in [1.165, 1.54) is 7.11 Å². The minimum atomic E-state index is -1.11. The Balaban J connectivity index is 1.94. The number of hydrogen-bond donors (Lipinski definition) is 0. The minimum absolute atomic E-state index is 0.198. The molecule has 2 fully saturated rings. The molecular formula is C17H26O7. The minimum Gasteiger partial charge on any atom is -0.438 e. The maximum atomic E-state index is 11.5. The third-order valence-electron chi connectivity index (χ3n) is 3.86. The van der Waals surface area contributed by atoms with E-state index < -0.39 is 17.5 Å². The van der Waals surface area contributed by atoms with Crippen LogP contribution in [0.5, 0.6) is 0 Å². The molecular weight excluding hydrogens is 316 g/mol. The predicted molar refractivity (Wildman–Crippen MR) is 84.1 cm³/mol. The number of rotatable bonds is 5. The molecule has 2 unspecified atom stereocenters. The average Bonchev–Trinajstić information content (AvgIpc) is 2.98. The lowest BCUT2D eigenvalue weighted by Gasteiger charge is -2.31. The molecule has 7 nitrogen and oxygen atoms in total. The van der Waals surface area contributed by atoms with Gasteiger partial charge in [-0.05, 0) is 33.1 Å². The first-order valence-corrected chi connectivity index (χ1v) is 8.23. The summed E-state index contributed by atoms with van der Waals surface area (Å²) in [5, 5.41) is 0. The van der Waals surface area contributed by atoms with Crippen molar-refractivity contribution in [3.8, 4) is 11.8 Å². The van der Waals surface area contributed by atoms with Crippen LogP contribution in [0.3, 0.4) is 0 Å². The lowest BCUT2D eigenvalue weighted by molar-refractivity contribution is -0.172. The molecule has 0 N–H and O–H groups in total. The Morgan fingerprint density at radius 2 is 2.04 bits per heavy atom. The molecule has 24 heavy (non-hydrogen) atoms. The van der Waals surface area contributed by atoms with Crippen molar-refractivity contribution in [1.82, 2.24) is 0 Å². The highest BCUT2D eigenvalue weighted by Gasteiger charge is 2.41. The third kappa shape index (κ3) is 5.95. The molecule has 0 spiro atoms. The first kappa shape index (κ1) is 19.0. The highest BCUT2D eigenvalue weighted by Crippen LogP contribution is 2.31. The Kier molecular flexibility index (Phi) is 6.87. The summed E-state index contributed by atoms with van der Waals surface area (Å²) in [6, 6.07) is 0. The molecule has 0 saturated carbocycles. The second-order valence-electron chi connectivity index (χ2n) is 6.20. The van der Waals surface area contributed by atoms with Gasteiger partial charge >= 0.3 is 6.16 Å². The summed E-state index contributed by atoms with van der Waals surface area (Å²) in [5.74, 6) is 4.99. The zero-order chi connectivity index (χ0) is 17.5. The van der Waals surface area contributed by atoms with Crippen molar-refractivity contribution in [3.05, 3.63) is 0 Å². The Bertz CT molecular complexity index is 469. The van der Waals surface area contributed by atoms with Crippen molar-refractivity contribution in [2.75, 3.05) is 33.5 Å². The standard InChI is InChI=1S/C17H26O7/c1-16(24-15(18)19-3,13-17(2)22-11-12-23-17)8-6-10-21-14-7-4-5-9-20-14/h14H,4-5,7,9-13H2,1-3H3. The Labute approximate surface area is 142 Å². The van der Waals surface area contributed by atoms with E-state index in [0.717, 1.165) is 19.3 Å². The van der Waals surface area contributed by atoms with Crippen LogP contribution in [-0.4, -0.2) is 57.4 Å². The molecule has 0 radical (unpaired) electrons. The van der Waals surface area contributed by atoms with Crippen LogP contribution in [0.15, 0.2) is 0 Å². The zero-order valence-corrected chi connectivity index (χ0v) is 14.6. The molecule has 7 heteroatoms. The topological polar surface area (TPSA) is 72.5 Å². The van der Waals surface area contributed by atoms with Crippen LogP contribution < -0.4 is 0 Å². The van der Waals surface area contributed by atoms with Gasteiger partial charge in [0.1, 0.15) is 6.61 Å². The van der Waals surface area contributed by atoms with Crippen LogP contribution in [0, 0.1) is 11.8 Å². The fourth-order valence-electron chi connectivity index (χ4n) is 2.80. The van der Waals surface area contributed by atoms with Crippen LogP contribution >= 0.6 is 0 Å². The fraction of sp³-hybridized carbons (Fsp3) is 0.824. The van der Waals surface area contributed by atoms with E-state index in [2.05, 4.69) is 16.6 Å². The summed E-state index contributed by atoms with van der Waals surface area (Å²) in [6.45, 7) is 5.41. The van der Waals surface area contributed by atoms with Crippen molar-refractivity contribution in [2.24, 2.45) is 0 Å². The molecule has 0 aromatic heterocycles. The van der Waals surface area contributed by atoms with Crippen molar-refractivity contribution >= 4 is 6.16 Å². The second kappa shape index (κ2) is 8.67. The van der Waals surface area contributed by atoms with Crippen LogP contribution in [-0.2, 0) is 28.4 Å². The van der Waals surface area contributed by atoms with Crippen molar-refractivity contribution < 1.29 is 33.2 Å². The smallest absolute Gasteiger partial charge is 0.438 e. The summed E-state index contributed by atoms with van der Waals surface area (Å²) in [7, 11) is 1.25. The maximum Gasteiger partial charge on any atom is 0.509 e. The summed E-state index contributed by atoms with van der Waals surface area (Å²) in [5.41, 5.74) is -1.11. The van der Waals surface area contributed by atoms with Gasteiger partial charge in [0.05, 0.1) is 26.7 Å². The van der Waals surface area contributed by atoms with Gasteiger partial charge in [-0.25, -0.2) is 4.79 Å². The maximum absolute atomic E-state index is 11.5. The van der Waals surface area contributed by atoms with E-state index in [1.807, 2.05) is 0 Å². The van der Waals surface area contributed by atoms with Crippen molar-refractivity contribution in [3.63, 3.8) is 0 Å². The molecule has 2 aliphatic heterocycles. The quantitative estimate of drug-likeness (QED) is 0.560. The first-order chi connectivity index (χ1) is 11.4. The van der Waals surface area contributed by atoms with E-state index >= 15 is 0 Å². The van der Waals surface area contributed by atoms with Crippen molar-refractivity contribution in [2.45, 2.75) is 57.2 Å². The van der Waals surface area contributed by atoms with E-state index in [1.54, 1.807) is 13.8 Å². The lowest BCUT2D eigenvalue weighted by atomic mass is 9.97. The molecule has 0 amide bonds. The van der Waals surface area contributed by atoms with E-state index in [-0.39, 0.29) is 19.3 Å². The van der Waals surface area contributed by atoms with Gasteiger partial charge in [-0.3, -0.25) is 0 Å². The molecule has 2 saturated heterocycles. The summed E-state index contributed by atoms with van der Waals surface area (Å²) < 4.78 is 32.1. The van der Waals surface area contributed by atoms with Crippen LogP contribution in [0.25, 0.3) is 0 Å². The molecule has 2 rings (SSSR count). The molecule has 136 valence electrons. The Morgan fingerprint density at radius 1 is 1.29 bits per heavy atom. The third-order valence-corrected chi connectivity index (χ3v) is 3.86. The summed E-state index contributed by atoms with van der Waals surface area (Å²) in [6.07, 6.45) is 2.29. The van der Waals surface area contributed by atoms with Crippen LogP contribution in [0.2, 0.25) is 0 Å². The molecule has 0 aromatic carbocycles. The SMILES string of the molecule is COC(=O)OC(C)(C#CCOC1CCCCO1)CC1(C)OCCO1. The molecule has 0 bridgehead atoms. The van der Waals surface area contributed by atoms with E-state index in [4.69, 9.17) is 23.7 Å². The van der Waals surface area contributed by atoms with Crippen LogP contribution in [0.4, 0.5) is 4.79 Å². The average molecular weight is 342 g/mol. The lowest BCUT2D eigenvalue weighted by Crippen LogP contribution is -2.41. The normalized spacial score (nSPS) is 25.2. The second-order valence-corrected chi connectivity index (χ2v) is 6.20.